The molecule has 0 saturated heterocycles. The first kappa shape index (κ1) is 62.2. The number of hydrogen-bond acceptors (Lipinski definition) is 17. The van der Waals surface area contributed by atoms with E-state index in [1.165, 1.54) is 26.4 Å². The number of rotatable bonds is 28. The number of amides is 5. The Bertz CT molecular complexity index is 3410. The molecule has 5 aromatic rings. The highest BCUT2D eigenvalue weighted by molar-refractivity contribution is 6.04. The lowest BCUT2D eigenvalue weighted by Crippen LogP contribution is -2.51. The number of nitrogens with zero attached hydrogens (tertiary/aromatic N) is 5. The summed E-state index contributed by atoms with van der Waals surface area (Å²) in [4.78, 5) is 106. The lowest BCUT2D eigenvalue weighted by molar-refractivity contribution is -0.126. The lowest BCUT2D eigenvalue weighted by Gasteiger charge is -2.22. The van der Waals surface area contributed by atoms with Gasteiger partial charge in [-0.15, -0.1) is 0 Å². The molecule has 2 aliphatic heterocycles. The average molecular weight is 1160 g/mol. The molecule has 0 radical (unpaired) electrons. The van der Waals surface area contributed by atoms with Crippen LogP contribution in [0.3, 0.4) is 0 Å². The zero-order chi connectivity index (χ0) is 61.2. The van der Waals surface area contributed by atoms with Gasteiger partial charge in [-0.3, -0.25) is 43.5 Å². The van der Waals surface area contributed by atoms with Gasteiger partial charge in [0.2, 0.25) is 23.6 Å². The second kappa shape index (κ2) is 29.6. The third-order valence-corrected chi connectivity index (χ3v) is 13.7. The molecule has 442 valence electrons. The van der Waals surface area contributed by atoms with Crippen molar-refractivity contribution in [3.05, 3.63) is 150 Å². The topological polar surface area (TPSA) is 270 Å². The number of hydrogen-bond donors (Lipinski definition) is 5. The van der Waals surface area contributed by atoms with Crippen LogP contribution in [0.15, 0.2) is 133 Å². The smallest absolute Gasteiger partial charge is 0.252 e. The summed E-state index contributed by atoms with van der Waals surface area (Å²) in [6.07, 6.45) is 12.9. The molecule has 0 aliphatic carbocycles. The first-order valence-corrected chi connectivity index (χ1v) is 27.0. The van der Waals surface area contributed by atoms with Gasteiger partial charge >= 0.3 is 0 Å². The number of methoxy groups -OCH3 is 3. The van der Waals surface area contributed by atoms with Crippen molar-refractivity contribution in [3.8, 4) is 28.7 Å². The van der Waals surface area contributed by atoms with Crippen LogP contribution in [0, 0.1) is 5.92 Å². The number of benzene rings is 4. The highest BCUT2D eigenvalue weighted by atomic mass is 16.5. The molecule has 0 fully saturated rings. The molecule has 4 aromatic carbocycles. The van der Waals surface area contributed by atoms with Crippen LogP contribution >= 0.6 is 0 Å². The Kier molecular flexibility index (Phi) is 21.6. The fraction of sp³-hybridized carbons (Fsp3) is 0.270. The zero-order valence-corrected chi connectivity index (χ0v) is 48.3. The Morgan fingerprint density at radius 3 is 1.58 bits per heavy atom. The van der Waals surface area contributed by atoms with Crippen molar-refractivity contribution in [2.45, 2.75) is 51.2 Å². The SMILES string of the molecule is C=CC(=O)Nc1cc(C(=O)NC(C(=O)NCC(=O)Nc2ccc(C3=CN(C)C(/C=N\c4cc(OCCCOc5cc(/N=C\C6CC(c7ccc(OC)cc7)=CN6C)c(C=O)cc5OC)c(OC)cc4C=O)C3)cc2)C(C)C)cc(NC(=O)C=C)n1. The first-order valence-electron chi connectivity index (χ1n) is 27.0. The first-order chi connectivity index (χ1) is 40.9. The third-order valence-electron chi connectivity index (χ3n) is 13.7. The van der Waals surface area contributed by atoms with E-state index in [-0.39, 0.29) is 42.5 Å². The van der Waals surface area contributed by atoms with Crippen molar-refractivity contribution in [2.75, 3.05) is 71.1 Å². The van der Waals surface area contributed by atoms with E-state index >= 15 is 0 Å². The monoisotopic (exact) mass is 1160 g/mol. The van der Waals surface area contributed by atoms with Crippen LogP contribution in [0.1, 0.15) is 75.3 Å². The fourth-order valence-corrected chi connectivity index (χ4v) is 9.03. The maximum Gasteiger partial charge on any atom is 0.252 e. The Labute approximate surface area is 492 Å². The van der Waals surface area contributed by atoms with Gasteiger partial charge in [0.05, 0.1) is 64.5 Å². The van der Waals surface area contributed by atoms with Gasteiger partial charge in [-0.05, 0) is 102 Å². The minimum atomic E-state index is -1.07. The van der Waals surface area contributed by atoms with Crippen LogP contribution in [0.4, 0.5) is 28.7 Å². The van der Waals surface area contributed by atoms with Gasteiger partial charge in [-0.1, -0.05) is 51.3 Å². The average Bonchev–Trinajstić information content (AvgIpc) is 4.10. The Morgan fingerprint density at radius 2 is 1.14 bits per heavy atom. The minimum Gasteiger partial charge on any atom is -0.497 e. The van der Waals surface area contributed by atoms with Crippen LogP contribution in [0.25, 0.3) is 11.1 Å². The predicted octanol–water partition coefficient (Wildman–Crippen LogP) is 8.23. The van der Waals surface area contributed by atoms with Gasteiger partial charge in [0.15, 0.2) is 35.6 Å². The molecule has 85 heavy (non-hydrogen) atoms. The molecule has 0 saturated carbocycles. The fourth-order valence-electron chi connectivity index (χ4n) is 9.03. The van der Waals surface area contributed by atoms with E-state index < -0.39 is 48.0 Å². The summed E-state index contributed by atoms with van der Waals surface area (Å²) in [6.45, 7) is 10.3. The third kappa shape index (κ3) is 16.6. The van der Waals surface area contributed by atoms with E-state index in [4.69, 9.17) is 33.7 Å². The summed E-state index contributed by atoms with van der Waals surface area (Å²) in [5.74, 6) is -1.26. The van der Waals surface area contributed by atoms with Gasteiger partial charge in [-0.2, -0.15) is 0 Å². The summed E-state index contributed by atoms with van der Waals surface area (Å²) in [6, 6.07) is 22.9. The maximum atomic E-state index is 13.4. The molecular formula is C63H68N10O12. The predicted molar refractivity (Wildman–Crippen MR) is 326 cm³/mol. The summed E-state index contributed by atoms with van der Waals surface area (Å²) >= 11 is 0. The molecular weight excluding hydrogens is 1090 g/mol. The summed E-state index contributed by atoms with van der Waals surface area (Å²) in [7, 11) is 8.53. The number of carbonyl (C=O) groups is 7. The van der Waals surface area contributed by atoms with Gasteiger partial charge in [0.25, 0.3) is 5.91 Å². The maximum absolute atomic E-state index is 13.4. The number of anilines is 3. The van der Waals surface area contributed by atoms with Crippen molar-refractivity contribution in [1.29, 1.82) is 0 Å². The van der Waals surface area contributed by atoms with E-state index in [1.54, 1.807) is 63.6 Å². The number of carbonyl (C=O) groups excluding carboxylic acids is 7. The van der Waals surface area contributed by atoms with Gasteiger partial charge in [0, 0.05) is 79.9 Å². The molecule has 5 amide bonds. The van der Waals surface area contributed by atoms with Gasteiger partial charge in [0.1, 0.15) is 23.4 Å². The molecule has 1 aromatic heterocycles. The van der Waals surface area contributed by atoms with Crippen LogP contribution in [-0.4, -0.2) is 143 Å². The second-order valence-electron chi connectivity index (χ2n) is 19.9. The Balaban J connectivity index is 0.897. The van der Waals surface area contributed by atoms with Crippen molar-refractivity contribution in [2.24, 2.45) is 15.9 Å². The van der Waals surface area contributed by atoms with E-state index in [1.807, 2.05) is 67.8 Å². The molecule has 2 aliphatic rings. The Hall–Kier alpha value is -10.4. The number of aliphatic imine (C=N–C) groups is 2. The van der Waals surface area contributed by atoms with Crippen molar-refractivity contribution in [1.82, 2.24) is 25.4 Å². The quantitative estimate of drug-likeness (QED) is 0.0137. The number of aldehydes is 2. The van der Waals surface area contributed by atoms with E-state index in [0.29, 0.717) is 70.3 Å². The summed E-state index contributed by atoms with van der Waals surface area (Å²) in [5, 5.41) is 12.9. The van der Waals surface area contributed by atoms with Crippen molar-refractivity contribution >= 4 is 94.4 Å². The Morgan fingerprint density at radius 1 is 0.659 bits per heavy atom. The molecule has 22 heteroatoms. The van der Waals surface area contributed by atoms with Crippen LogP contribution in [0.5, 0.6) is 28.7 Å². The zero-order valence-electron chi connectivity index (χ0n) is 48.3. The van der Waals surface area contributed by atoms with Gasteiger partial charge in [-0.25, -0.2) is 4.98 Å². The van der Waals surface area contributed by atoms with Crippen molar-refractivity contribution in [3.63, 3.8) is 0 Å². The molecule has 3 unspecified atom stereocenters. The highest BCUT2D eigenvalue weighted by Crippen LogP contribution is 2.38. The molecule has 0 spiro atoms. The summed E-state index contributed by atoms with van der Waals surface area (Å²) in [5.41, 5.74) is 6.09. The normalized spacial score (nSPS) is 14.9. The second-order valence-corrected chi connectivity index (χ2v) is 19.9. The largest absolute Gasteiger partial charge is 0.497 e. The van der Waals surface area contributed by atoms with Crippen LogP contribution < -0.4 is 50.3 Å². The molecule has 22 nitrogen and oxygen atoms in total. The number of nitrogens with one attached hydrogen (secondary N) is 5. The van der Waals surface area contributed by atoms with E-state index in [0.717, 1.165) is 52.9 Å². The standard InChI is InChI=1S/C63H68N10O12/c1-10-58(76)69-56-27-41(28-57(68-56)70-59(77)11-2)62(79)71-61(38(3)4)63(80)66-33-60(78)67-46-17-13-39(14-18-46)42-23-47(72(5)34-42)31-64-50-29-54(52(82-8)25-44(50)36-74)84-21-12-22-85-55-30-51(45(37-75)26-53(55)83-9)65-32-48-24-43(35-73(48)6)40-15-19-49(81-7)20-16-40/h10-11,13-20,25-32,34-38,47-48,61H,1-2,12,21-24,33H2,3-9H3,(H,66,80)(H,67,78)(H,71,79)(H2,68,69,70,76,77)/b64-31-,65-32-. The number of ether oxygens (including phenoxy) is 5. The van der Waals surface area contributed by atoms with Gasteiger partial charge < -0.3 is 60.1 Å². The number of pyridine rings is 1. The molecule has 3 atom stereocenters. The number of aromatic nitrogens is 1. The van der Waals surface area contributed by atoms with E-state index in [2.05, 4.69) is 55.8 Å². The molecule has 3 heterocycles. The van der Waals surface area contributed by atoms with Crippen LogP contribution in [0.2, 0.25) is 0 Å². The minimum absolute atomic E-state index is 0.0242. The lowest BCUT2D eigenvalue weighted by atomic mass is 10.0. The van der Waals surface area contributed by atoms with Crippen LogP contribution in [-0.2, 0) is 19.2 Å². The highest BCUT2D eigenvalue weighted by Gasteiger charge is 2.27. The molecule has 0 bridgehead atoms. The molecule has 5 N–H and O–H groups in total. The summed E-state index contributed by atoms with van der Waals surface area (Å²) < 4.78 is 28.8. The van der Waals surface area contributed by atoms with E-state index in [9.17, 15) is 33.6 Å². The van der Waals surface area contributed by atoms with Crippen molar-refractivity contribution < 1.29 is 57.2 Å². The molecule has 7 rings (SSSR count).